The summed E-state index contributed by atoms with van der Waals surface area (Å²) in [4.78, 5) is 13.2. The van der Waals surface area contributed by atoms with Crippen LogP contribution in [0, 0.1) is 0 Å². The summed E-state index contributed by atoms with van der Waals surface area (Å²) in [5.41, 5.74) is 1.04. The molecule has 0 aliphatic carbocycles. The molecule has 1 amide bonds. The van der Waals surface area contributed by atoms with Crippen molar-refractivity contribution in [1.29, 1.82) is 0 Å². The Hall–Kier alpha value is -1.95. The molecule has 0 saturated heterocycles. The van der Waals surface area contributed by atoms with Gasteiger partial charge < -0.3 is 4.90 Å². The molecule has 0 aliphatic heterocycles. The largest absolute Gasteiger partial charge is 0.332 e. The van der Waals surface area contributed by atoms with E-state index in [2.05, 4.69) is 5.10 Å². The van der Waals surface area contributed by atoms with Crippen molar-refractivity contribution in [2.75, 3.05) is 19.0 Å². The fraction of sp³-hybridized carbons (Fsp3) is 0.286. The van der Waals surface area contributed by atoms with Crippen molar-refractivity contribution in [2.24, 2.45) is 0 Å². The van der Waals surface area contributed by atoms with E-state index in [1.807, 2.05) is 30.3 Å². The SMILES string of the molecule is O=C(c1cnn(-c2ccccc2)c1)N(CCCl)CC(F)F. The van der Waals surface area contributed by atoms with Crippen LogP contribution in [0.15, 0.2) is 42.7 Å². The number of rotatable bonds is 6. The summed E-state index contributed by atoms with van der Waals surface area (Å²) in [6.45, 7) is -0.566. The summed E-state index contributed by atoms with van der Waals surface area (Å²) >= 11 is 5.55. The third-order valence-electron chi connectivity index (χ3n) is 2.85. The quantitative estimate of drug-likeness (QED) is 0.769. The van der Waals surface area contributed by atoms with Crippen molar-refractivity contribution in [1.82, 2.24) is 14.7 Å². The van der Waals surface area contributed by atoms with Gasteiger partial charge in [0.1, 0.15) is 0 Å². The second-order valence-electron chi connectivity index (χ2n) is 4.34. The van der Waals surface area contributed by atoms with Crippen LogP contribution in [-0.4, -0.2) is 46.0 Å². The molecule has 112 valence electrons. The second kappa shape index (κ2) is 7.17. The summed E-state index contributed by atoms with van der Waals surface area (Å²) in [7, 11) is 0. The van der Waals surface area contributed by atoms with Crippen LogP contribution in [0.25, 0.3) is 5.69 Å². The van der Waals surface area contributed by atoms with Gasteiger partial charge in [0.25, 0.3) is 12.3 Å². The molecule has 2 rings (SSSR count). The molecule has 0 spiro atoms. The summed E-state index contributed by atoms with van der Waals surface area (Å²) in [6.07, 6.45) is 0.285. The highest BCUT2D eigenvalue weighted by Gasteiger charge is 2.20. The van der Waals surface area contributed by atoms with Gasteiger partial charge in [0.05, 0.1) is 24.0 Å². The van der Waals surface area contributed by atoms with Gasteiger partial charge in [-0.05, 0) is 12.1 Å². The number of nitrogens with zero attached hydrogens (tertiary/aromatic N) is 3. The molecular formula is C14H14ClF2N3O. The third kappa shape index (κ3) is 4.01. The van der Waals surface area contributed by atoms with Crippen LogP contribution >= 0.6 is 11.6 Å². The van der Waals surface area contributed by atoms with E-state index in [1.54, 1.807) is 0 Å². The molecule has 0 unspecified atom stereocenters. The number of carbonyl (C=O) groups excluding carboxylic acids is 1. The molecule has 0 saturated carbocycles. The minimum atomic E-state index is -2.60. The lowest BCUT2D eigenvalue weighted by atomic mass is 10.3. The number of carbonyl (C=O) groups is 1. The van der Waals surface area contributed by atoms with Gasteiger partial charge in [-0.3, -0.25) is 4.79 Å². The topological polar surface area (TPSA) is 38.1 Å². The van der Waals surface area contributed by atoms with Crippen molar-refractivity contribution in [3.8, 4) is 5.69 Å². The van der Waals surface area contributed by atoms with Crippen LogP contribution in [0.3, 0.4) is 0 Å². The number of benzene rings is 1. The molecule has 7 heteroatoms. The number of amides is 1. The standard InChI is InChI=1S/C14H14ClF2N3O/c15-6-7-19(10-13(16)17)14(21)11-8-18-20(9-11)12-4-2-1-3-5-12/h1-5,8-9,13H,6-7,10H2. The first-order chi connectivity index (χ1) is 10.1. The lowest BCUT2D eigenvalue weighted by Crippen LogP contribution is -2.36. The molecule has 1 aromatic heterocycles. The van der Waals surface area contributed by atoms with E-state index >= 15 is 0 Å². The Bertz CT molecular complexity index is 589. The van der Waals surface area contributed by atoms with Gasteiger partial charge in [0, 0.05) is 18.6 Å². The molecular weight excluding hydrogens is 300 g/mol. The van der Waals surface area contributed by atoms with Crippen LogP contribution in [-0.2, 0) is 0 Å². The predicted octanol–water partition coefficient (Wildman–Crippen LogP) is 2.82. The molecule has 1 heterocycles. The van der Waals surface area contributed by atoms with Crippen molar-refractivity contribution < 1.29 is 13.6 Å². The average Bonchev–Trinajstić information content (AvgIpc) is 2.96. The van der Waals surface area contributed by atoms with E-state index in [1.165, 1.54) is 17.1 Å². The first-order valence-corrected chi connectivity index (χ1v) is 6.88. The zero-order valence-corrected chi connectivity index (χ0v) is 11.9. The van der Waals surface area contributed by atoms with Crippen LogP contribution < -0.4 is 0 Å². The fourth-order valence-corrected chi connectivity index (χ4v) is 2.09. The molecule has 4 nitrogen and oxygen atoms in total. The number of aromatic nitrogens is 2. The molecule has 0 radical (unpaired) electrons. The smallest absolute Gasteiger partial charge is 0.257 e. The van der Waals surface area contributed by atoms with Gasteiger partial charge in [-0.1, -0.05) is 18.2 Å². The van der Waals surface area contributed by atoms with Crippen molar-refractivity contribution in [3.05, 3.63) is 48.3 Å². The Morgan fingerprint density at radius 2 is 2.05 bits per heavy atom. The average molecular weight is 314 g/mol. The van der Waals surface area contributed by atoms with Gasteiger partial charge in [-0.15, -0.1) is 11.6 Å². The van der Waals surface area contributed by atoms with E-state index in [-0.39, 0.29) is 18.0 Å². The van der Waals surface area contributed by atoms with Gasteiger partial charge in [0.2, 0.25) is 0 Å². The summed E-state index contributed by atoms with van der Waals surface area (Å²) in [5, 5.41) is 4.08. The highest BCUT2D eigenvalue weighted by molar-refractivity contribution is 6.18. The molecule has 0 N–H and O–H groups in total. The maximum Gasteiger partial charge on any atom is 0.257 e. The first kappa shape index (κ1) is 15.4. The number of hydrogen-bond donors (Lipinski definition) is 0. The Morgan fingerprint density at radius 3 is 2.67 bits per heavy atom. The maximum absolute atomic E-state index is 12.5. The zero-order valence-electron chi connectivity index (χ0n) is 11.1. The number of hydrogen-bond acceptors (Lipinski definition) is 2. The Kier molecular flexibility index (Phi) is 5.27. The maximum atomic E-state index is 12.5. The van der Waals surface area contributed by atoms with Crippen molar-refractivity contribution in [2.45, 2.75) is 6.43 Å². The molecule has 0 aliphatic rings. The Labute approximate surface area is 125 Å². The monoisotopic (exact) mass is 313 g/mol. The molecule has 1 aromatic carbocycles. The molecule has 0 bridgehead atoms. The van der Waals surface area contributed by atoms with E-state index in [4.69, 9.17) is 11.6 Å². The molecule has 0 atom stereocenters. The summed E-state index contributed by atoms with van der Waals surface area (Å²) in [5.74, 6) is -0.399. The minimum Gasteiger partial charge on any atom is -0.332 e. The van der Waals surface area contributed by atoms with Crippen LogP contribution in [0.5, 0.6) is 0 Å². The van der Waals surface area contributed by atoms with Crippen LogP contribution in [0.4, 0.5) is 8.78 Å². The minimum absolute atomic E-state index is 0.0707. The Balaban J connectivity index is 2.17. The fourth-order valence-electron chi connectivity index (χ4n) is 1.88. The highest BCUT2D eigenvalue weighted by Crippen LogP contribution is 2.11. The lowest BCUT2D eigenvalue weighted by Gasteiger charge is -2.20. The van der Waals surface area contributed by atoms with Gasteiger partial charge in [-0.2, -0.15) is 5.10 Å². The van der Waals surface area contributed by atoms with Gasteiger partial charge in [-0.25, -0.2) is 13.5 Å². The number of halogens is 3. The lowest BCUT2D eigenvalue weighted by molar-refractivity contribution is 0.0571. The molecule has 0 fully saturated rings. The highest BCUT2D eigenvalue weighted by atomic mass is 35.5. The van der Waals surface area contributed by atoms with E-state index < -0.39 is 18.9 Å². The zero-order chi connectivity index (χ0) is 15.2. The second-order valence-corrected chi connectivity index (χ2v) is 4.72. The van der Waals surface area contributed by atoms with E-state index in [0.29, 0.717) is 0 Å². The van der Waals surface area contributed by atoms with Gasteiger partial charge >= 0.3 is 0 Å². The predicted molar refractivity (Wildman–Crippen MR) is 76.2 cm³/mol. The summed E-state index contributed by atoms with van der Waals surface area (Å²) in [6, 6.07) is 9.21. The Morgan fingerprint density at radius 1 is 1.33 bits per heavy atom. The van der Waals surface area contributed by atoms with E-state index in [9.17, 15) is 13.6 Å². The normalized spacial score (nSPS) is 10.9. The van der Waals surface area contributed by atoms with Crippen LogP contribution in [0.1, 0.15) is 10.4 Å². The molecule has 21 heavy (non-hydrogen) atoms. The van der Waals surface area contributed by atoms with E-state index in [0.717, 1.165) is 10.6 Å². The van der Waals surface area contributed by atoms with Crippen molar-refractivity contribution >= 4 is 17.5 Å². The molecule has 2 aromatic rings. The number of alkyl halides is 3. The number of para-hydroxylation sites is 1. The van der Waals surface area contributed by atoms with Crippen molar-refractivity contribution in [3.63, 3.8) is 0 Å². The first-order valence-electron chi connectivity index (χ1n) is 6.35. The van der Waals surface area contributed by atoms with Crippen LogP contribution in [0.2, 0.25) is 0 Å². The third-order valence-corrected chi connectivity index (χ3v) is 3.02. The van der Waals surface area contributed by atoms with Gasteiger partial charge in [0.15, 0.2) is 0 Å². The summed E-state index contributed by atoms with van der Waals surface area (Å²) < 4.78 is 26.5.